The van der Waals surface area contributed by atoms with Gasteiger partial charge in [0.1, 0.15) is 0 Å². The predicted octanol–water partition coefficient (Wildman–Crippen LogP) is 2.38. The summed E-state index contributed by atoms with van der Waals surface area (Å²) >= 11 is 0. The van der Waals surface area contributed by atoms with E-state index >= 15 is 0 Å². The molecule has 1 amide bonds. The van der Waals surface area contributed by atoms with E-state index in [-0.39, 0.29) is 5.91 Å². The third-order valence-corrected chi connectivity index (χ3v) is 4.15. The van der Waals surface area contributed by atoms with Crippen LogP contribution in [0.1, 0.15) is 46.5 Å². The van der Waals surface area contributed by atoms with Crippen LogP contribution in [0.5, 0.6) is 0 Å². The molecule has 1 aliphatic heterocycles. The van der Waals surface area contributed by atoms with Gasteiger partial charge in [-0.05, 0) is 18.8 Å². The molecule has 1 rings (SSSR count). The number of hydrogen-bond acceptors (Lipinski definition) is 2. The number of rotatable bonds is 5. The molecule has 0 aromatic heterocycles. The van der Waals surface area contributed by atoms with E-state index in [0.717, 1.165) is 31.8 Å². The maximum Gasteiger partial charge on any atom is 0.307 e. The van der Waals surface area contributed by atoms with Crippen molar-refractivity contribution in [2.75, 3.05) is 13.1 Å². The van der Waals surface area contributed by atoms with Gasteiger partial charge in [0.15, 0.2) is 0 Å². The van der Waals surface area contributed by atoms with E-state index in [0.29, 0.717) is 0 Å². The first kappa shape index (κ1) is 15.0. The number of carboxylic acid groups (broad SMARTS) is 1. The highest BCUT2D eigenvalue weighted by Crippen LogP contribution is 2.24. The summed E-state index contributed by atoms with van der Waals surface area (Å²) in [5, 5.41) is 8.94. The molecular weight excluding hydrogens is 230 g/mol. The average Bonchev–Trinajstić information content (AvgIpc) is 2.37. The summed E-state index contributed by atoms with van der Waals surface area (Å²) in [7, 11) is 0. The molecule has 0 radical (unpaired) electrons. The lowest BCUT2D eigenvalue weighted by Crippen LogP contribution is -2.43. The molecule has 1 aliphatic rings. The van der Waals surface area contributed by atoms with Crippen molar-refractivity contribution in [3.8, 4) is 0 Å². The number of hydrogen-bond donors (Lipinski definition) is 1. The van der Waals surface area contributed by atoms with Crippen LogP contribution in [0.3, 0.4) is 0 Å². The van der Waals surface area contributed by atoms with E-state index in [9.17, 15) is 9.59 Å². The Kier molecular flexibility index (Phi) is 5.63. The van der Waals surface area contributed by atoms with Gasteiger partial charge < -0.3 is 10.0 Å². The summed E-state index contributed by atoms with van der Waals surface area (Å²) in [6.07, 6.45) is 4.57. The summed E-state index contributed by atoms with van der Waals surface area (Å²) in [6, 6.07) is 0. The molecule has 4 nitrogen and oxygen atoms in total. The van der Waals surface area contributed by atoms with Gasteiger partial charge in [-0.1, -0.05) is 33.6 Å². The SMILES string of the molecule is CCCC1CCN(C(=O)C(C)C(C)C(=O)O)CC1. The maximum absolute atomic E-state index is 12.2. The second-order valence-electron chi connectivity index (χ2n) is 5.47. The Hall–Kier alpha value is -1.06. The molecule has 1 saturated heterocycles. The highest BCUT2D eigenvalue weighted by atomic mass is 16.4. The molecule has 0 aliphatic carbocycles. The molecule has 1 N–H and O–H groups in total. The number of carbonyl (C=O) groups excluding carboxylic acids is 1. The first-order valence-corrected chi connectivity index (χ1v) is 6.99. The maximum atomic E-state index is 12.2. The van der Waals surface area contributed by atoms with Gasteiger partial charge in [-0.15, -0.1) is 0 Å². The smallest absolute Gasteiger partial charge is 0.307 e. The van der Waals surface area contributed by atoms with Gasteiger partial charge in [-0.25, -0.2) is 0 Å². The largest absolute Gasteiger partial charge is 0.481 e. The van der Waals surface area contributed by atoms with Crippen LogP contribution in [-0.4, -0.2) is 35.0 Å². The van der Waals surface area contributed by atoms with Crippen LogP contribution >= 0.6 is 0 Å². The average molecular weight is 255 g/mol. The van der Waals surface area contributed by atoms with Crippen molar-refractivity contribution in [3.05, 3.63) is 0 Å². The highest BCUT2D eigenvalue weighted by molar-refractivity contribution is 5.84. The summed E-state index contributed by atoms with van der Waals surface area (Å²) < 4.78 is 0. The third kappa shape index (κ3) is 3.72. The van der Waals surface area contributed by atoms with Crippen molar-refractivity contribution in [1.82, 2.24) is 4.90 Å². The van der Waals surface area contributed by atoms with E-state index in [2.05, 4.69) is 6.92 Å². The minimum absolute atomic E-state index is 0.000140. The summed E-state index contributed by atoms with van der Waals surface area (Å²) in [4.78, 5) is 24.9. The molecule has 2 atom stereocenters. The first-order chi connectivity index (χ1) is 8.47. The molecule has 2 unspecified atom stereocenters. The zero-order valence-corrected chi connectivity index (χ0v) is 11.7. The quantitative estimate of drug-likeness (QED) is 0.820. The van der Waals surface area contributed by atoms with E-state index in [4.69, 9.17) is 5.11 Å². The van der Waals surface area contributed by atoms with Crippen molar-refractivity contribution in [3.63, 3.8) is 0 Å². The minimum atomic E-state index is -0.892. The lowest BCUT2D eigenvalue weighted by molar-refractivity contribution is -0.149. The second-order valence-corrected chi connectivity index (χ2v) is 5.47. The van der Waals surface area contributed by atoms with Crippen LogP contribution in [0.25, 0.3) is 0 Å². The van der Waals surface area contributed by atoms with Gasteiger partial charge in [0.2, 0.25) is 5.91 Å². The number of piperidine rings is 1. The van der Waals surface area contributed by atoms with Crippen LogP contribution in [0.15, 0.2) is 0 Å². The number of amides is 1. The molecular formula is C14H25NO3. The first-order valence-electron chi connectivity index (χ1n) is 6.99. The second kappa shape index (κ2) is 6.76. The lowest BCUT2D eigenvalue weighted by atomic mass is 9.90. The molecule has 0 aromatic rings. The van der Waals surface area contributed by atoms with E-state index in [1.807, 2.05) is 4.90 Å². The Morgan fingerprint density at radius 3 is 2.22 bits per heavy atom. The van der Waals surface area contributed by atoms with Crippen molar-refractivity contribution in [2.45, 2.75) is 46.5 Å². The topological polar surface area (TPSA) is 57.6 Å². The highest BCUT2D eigenvalue weighted by Gasteiger charge is 2.31. The Labute approximate surface area is 109 Å². The standard InChI is InChI=1S/C14H25NO3/c1-4-5-12-6-8-15(9-7-12)13(16)10(2)11(3)14(17)18/h10-12H,4-9H2,1-3H3,(H,17,18). The van der Waals surface area contributed by atoms with Crippen LogP contribution in [-0.2, 0) is 9.59 Å². The van der Waals surface area contributed by atoms with Gasteiger partial charge in [-0.2, -0.15) is 0 Å². The molecule has 0 saturated carbocycles. The van der Waals surface area contributed by atoms with E-state index < -0.39 is 17.8 Å². The Bertz CT molecular complexity index is 295. The summed E-state index contributed by atoms with van der Waals surface area (Å²) in [5.74, 6) is -1.18. The number of nitrogens with zero attached hydrogens (tertiary/aromatic N) is 1. The molecule has 0 bridgehead atoms. The molecule has 0 spiro atoms. The van der Waals surface area contributed by atoms with Crippen molar-refractivity contribution >= 4 is 11.9 Å². The monoisotopic (exact) mass is 255 g/mol. The van der Waals surface area contributed by atoms with Gasteiger partial charge >= 0.3 is 5.97 Å². The van der Waals surface area contributed by atoms with Crippen molar-refractivity contribution in [1.29, 1.82) is 0 Å². The zero-order valence-electron chi connectivity index (χ0n) is 11.7. The van der Waals surface area contributed by atoms with Crippen LogP contribution < -0.4 is 0 Å². The molecule has 1 fully saturated rings. The molecule has 1 heterocycles. The van der Waals surface area contributed by atoms with Crippen LogP contribution in [0.2, 0.25) is 0 Å². The van der Waals surface area contributed by atoms with Gasteiger partial charge in [-0.3, -0.25) is 9.59 Å². The normalized spacial score (nSPS) is 20.5. The predicted molar refractivity (Wildman–Crippen MR) is 70.2 cm³/mol. The van der Waals surface area contributed by atoms with Gasteiger partial charge in [0.05, 0.1) is 5.92 Å². The minimum Gasteiger partial charge on any atom is -0.481 e. The number of carboxylic acids is 1. The Morgan fingerprint density at radius 2 is 1.78 bits per heavy atom. The van der Waals surface area contributed by atoms with Crippen molar-refractivity contribution < 1.29 is 14.7 Å². The zero-order chi connectivity index (χ0) is 13.7. The van der Waals surface area contributed by atoms with Crippen LogP contribution in [0, 0.1) is 17.8 Å². The Balaban J connectivity index is 2.47. The van der Waals surface area contributed by atoms with E-state index in [1.54, 1.807) is 13.8 Å². The number of carbonyl (C=O) groups is 2. The summed E-state index contributed by atoms with van der Waals surface area (Å²) in [5.41, 5.74) is 0. The number of aliphatic carboxylic acids is 1. The lowest BCUT2D eigenvalue weighted by Gasteiger charge is -2.34. The van der Waals surface area contributed by atoms with Gasteiger partial charge in [0.25, 0.3) is 0 Å². The molecule has 104 valence electrons. The Morgan fingerprint density at radius 1 is 1.22 bits per heavy atom. The molecule has 18 heavy (non-hydrogen) atoms. The fraction of sp³-hybridized carbons (Fsp3) is 0.857. The van der Waals surface area contributed by atoms with Crippen LogP contribution in [0.4, 0.5) is 0 Å². The fourth-order valence-electron chi connectivity index (χ4n) is 2.57. The van der Waals surface area contributed by atoms with Crippen molar-refractivity contribution in [2.24, 2.45) is 17.8 Å². The summed E-state index contributed by atoms with van der Waals surface area (Å²) in [6.45, 7) is 7.10. The van der Waals surface area contributed by atoms with Gasteiger partial charge in [0, 0.05) is 19.0 Å². The third-order valence-electron chi connectivity index (χ3n) is 4.15. The van der Waals surface area contributed by atoms with E-state index in [1.165, 1.54) is 12.8 Å². The molecule has 0 aromatic carbocycles. The molecule has 4 heteroatoms. The fourth-order valence-corrected chi connectivity index (χ4v) is 2.57. The number of likely N-dealkylation sites (tertiary alicyclic amines) is 1.